The third-order valence-corrected chi connectivity index (χ3v) is 3.43. The fourth-order valence-corrected chi connectivity index (χ4v) is 2.54. The average molecular weight is 238 g/mol. The van der Waals surface area contributed by atoms with Crippen LogP contribution in [0.5, 0.6) is 0 Å². The van der Waals surface area contributed by atoms with Crippen molar-refractivity contribution in [3.63, 3.8) is 0 Å². The van der Waals surface area contributed by atoms with Gasteiger partial charge in [-0.3, -0.25) is 4.90 Å². The van der Waals surface area contributed by atoms with E-state index in [2.05, 4.69) is 23.7 Å². The fraction of sp³-hybridized carbons (Fsp3) is 0.769. The first-order valence-electron chi connectivity index (χ1n) is 6.53. The molecule has 0 radical (unpaired) electrons. The third kappa shape index (κ3) is 2.87. The lowest BCUT2D eigenvalue weighted by Gasteiger charge is -2.36. The first kappa shape index (κ1) is 12.6. The summed E-state index contributed by atoms with van der Waals surface area (Å²) in [7, 11) is 0. The van der Waals surface area contributed by atoms with Crippen molar-refractivity contribution >= 4 is 0 Å². The van der Waals surface area contributed by atoms with E-state index >= 15 is 0 Å². The highest BCUT2D eigenvalue weighted by Gasteiger charge is 2.29. The topological polar surface area (TPSA) is 49.5 Å². The minimum Gasteiger partial charge on any atom is -0.447 e. The molecule has 4 nitrogen and oxygen atoms in total. The summed E-state index contributed by atoms with van der Waals surface area (Å²) in [6.45, 7) is 5.69. The Hall–Kier alpha value is -0.870. The van der Waals surface area contributed by atoms with E-state index in [1.807, 2.05) is 0 Å². The molecule has 0 saturated carbocycles. The molecule has 1 fully saturated rings. The Bertz CT molecular complexity index is 349. The van der Waals surface area contributed by atoms with Crippen LogP contribution in [0.1, 0.15) is 50.7 Å². The van der Waals surface area contributed by atoms with Crippen LogP contribution in [0.3, 0.4) is 0 Å². The summed E-state index contributed by atoms with van der Waals surface area (Å²) in [5.41, 5.74) is 0.858. The zero-order chi connectivity index (χ0) is 12.3. The monoisotopic (exact) mass is 238 g/mol. The van der Waals surface area contributed by atoms with Gasteiger partial charge >= 0.3 is 0 Å². The SMILES string of the molecule is CC(C)N1CCCCC1c1nc(CCO)co1. The van der Waals surface area contributed by atoms with Gasteiger partial charge < -0.3 is 9.52 Å². The van der Waals surface area contributed by atoms with Gasteiger partial charge in [-0.2, -0.15) is 0 Å². The molecule has 2 rings (SSSR count). The Kier molecular flexibility index (Phi) is 4.18. The van der Waals surface area contributed by atoms with Crippen LogP contribution in [-0.4, -0.2) is 34.2 Å². The fourth-order valence-electron chi connectivity index (χ4n) is 2.54. The van der Waals surface area contributed by atoms with Gasteiger partial charge in [0.15, 0.2) is 0 Å². The number of rotatable bonds is 4. The Morgan fingerprint density at radius 3 is 3.06 bits per heavy atom. The van der Waals surface area contributed by atoms with Crippen molar-refractivity contribution < 1.29 is 9.52 Å². The van der Waals surface area contributed by atoms with E-state index in [-0.39, 0.29) is 6.61 Å². The molecular formula is C13H22N2O2. The number of likely N-dealkylation sites (tertiary alicyclic amines) is 1. The Morgan fingerprint density at radius 2 is 2.35 bits per heavy atom. The summed E-state index contributed by atoms with van der Waals surface area (Å²) in [5.74, 6) is 0.821. The smallest absolute Gasteiger partial charge is 0.211 e. The summed E-state index contributed by atoms with van der Waals surface area (Å²) in [5, 5.41) is 8.89. The molecule has 0 spiro atoms. The van der Waals surface area contributed by atoms with E-state index in [9.17, 15) is 0 Å². The van der Waals surface area contributed by atoms with Crippen LogP contribution in [0.4, 0.5) is 0 Å². The lowest BCUT2D eigenvalue weighted by atomic mass is 10.0. The Morgan fingerprint density at radius 1 is 1.53 bits per heavy atom. The summed E-state index contributed by atoms with van der Waals surface area (Å²) in [6.07, 6.45) is 5.89. The molecule has 1 aromatic rings. The van der Waals surface area contributed by atoms with Gasteiger partial charge in [0.05, 0.1) is 11.7 Å². The van der Waals surface area contributed by atoms with E-state index in [1.54, 1.807) is 6.26 Å². The highest BCUT2D eigenvalue weighted by atomic mass is 16.3. The molecule has 0 aromatic carbocycles. The predicted molar refractivity (Wildman–Crippen MR) is 65.7 cm³/mol. The van der Waals surface area contributed by atoms with Crippen LogP contribution < -0.4 is 0 Å². The number of aromatic nitrogens is 1. The lowest BCUT2D eigenvalue weighted by molar-refractivity contribution is 0.0924. The number of oxazole rings is 1. The summed E-state index contributed by atoms with van der Waals surface area (Å²) in [6, 6.07) is 0.838. The highest BCUT2D eigenvalue weighted by Crippen LogP contribution is 2.31. The number of hydrogen-bond donors (Lipinski definition) is 1. The molecule has 1 saturated heterocycles. The number of piperidine rings is 1. The van der Waals surface area contributed by atoms with Crippen LogP contribution >= 0.6 is 0 Å². The third-order valence-electron chi connectivity index (χ3n) is 3.43. The minimum atomic E-state index is 0.129. The molecule has 0 amide bonds. The van der Waals surface area contributed by atoms with Gasteiger partial charge in [-0.25, -0.2) is 4.98 Å². The Labute approximate surface area is 103 Å². The maximum Gasteiger partial charge on any atom is 0.211 e. The largest absolute Gasteiger partial charge is 0.447 e. The van der Waals surface area contributed by atoms with Crippen molar-refractivity contribution in [2.24, 2.45) is 0 Å². The molecule has 1 unspecified atom stereocenters. The lowest BCUT2D eigenvalue weighted by Crippen LogP contribution is -2.38. The van der Waals surface area contributed by atoms with Crippen LogP contribution in [0.15, 0.2) is 10.7 Å². The van der Waals surface area contributed by atoms with Crippen molar-refractivity contribution in [2.45, 2.75) is 51.6 Å². The second-order valence-electron chi connectivity index (χ2n) is 4.99. The van der Waals surface area contributed by atoms with Gasteiger partial charge in [-0.15, -0.1) is 0 Å². The molecule has 96 valence electrons. The van der Waals surface area contributed by atoms with E-state index in [0.29, 0.717) is 18.5 Å². The van der Waals surface area contributed by atoms with Gasteiger partial charge in [0, 0.05) is 19.1 Å². The van der Waals surface area contributed by atoms with E-state index in [4.69, 9.17) is 9.52 Å². The van der Waals surface area contributed by atoms with Gasteiger partial charge in [0.25, 0.3) is 0 Å². The average Bonchev–Trinajstić information content (AvgIpc) is 2.78. The summed E-state index contributed by atoms with van der Waals surface area (Å²) in [4.78, 5) is 6.94. The molecule has 1 N–H and O–H groups in total. The number of aliphatic hydroxyl groups excluding tert-OH is 1. The van der Waals surface area contributed by atoms with Gasteiger partial charge in [0.2, 0.25) is 5.89 Å². The van der Waals surface area contributed by atoms with Gasteiger partial charge in [-0.05, 0) is 33.2 Å². The second-order valence-corrected chi connectivity index (χ2v) is 4.99. The molecule has 1 aliphatic rings. The molecule has 1 atom stereocenters. The van der Waals surface area contributed by atoms with Crippen molar-refractivity contribution in [3.05, 3.63) is 17.8 Å². The maximum atomic E-state index is 8.89. The molecule has 0 aliphatic carbocycles. The van der Waals surface area contributed by atoms with Crippen molar-refractivity contribution in [1.82, 2.24) is 9.88 Å². The molecule has 17 heavy (non-hydrogen) atoms. The van der Waals surface area contributed by atoms with Crippen molar-refractivity contribution in [3.8, 4) is 0 Å². The standard InChI is InChI=1S/C13H22N2O2/c1-10(2)15-7-4-3-5-12(15)13-14-11(6-8-16)9-17-13/h9-10,12,16H,3-8H2,1-2H3. The summed E-state index contributed by atoms with van der Waals surface area (Å²) >= 11 is 0. The van der Waals surface area contributed by atoms with Gasteiger partial charge in [-0.1, -0.05) is 6.42 Å². The predicted octanol–water partition coefficient (Wildman–Crippen LogP) is 2.14. The normalized spacial score (nSPS) is 22.2. The zero-order valence-electron chi connectivity index (χ0n) is 10.7. The molecular weight excluding hydrogens is 216 g/mol. The van der Waals surface area contributed by atoms with Gasteiger partial charge in [0.1, 0.15) is 6.26 Å². The van der Waals surface area contributed by atoms with Crippen LogP contribution in [-0.2, 0) is 6.42 Å². The quantitative estimate of drug-likeness (QED) is 0.873. The molecule has 1 aliphatic heterocycles. The summed E-state index contributed by atoms with van der Waals surface area (Å²) < 4.78 is 5.57. The van der Waals surface area contributed by atoms with Crippen LogP contribution in [0, 0.1) is 0 Å². The van der Waals surface area contributed by atoms with Crippen molar-refractivity contribution in [2.75, 3.05) is 13.2 Å². The maximum absolute atomic E-state index is 8.89. The molecule has 1 aromatic heterocycles. The second kappa shape index (κ2) is 5.65. The number of nitrogens with zero attached hydrogens (tertiary/aromatic N) is 2. The first-order valence-corrected chi connectivity index (χ1v) is 6.53. The highest BCUT2D eigenvalue weighted by molar-refractivity contribution is 5.02. The Balaban J connectivity index is 2.11. The van der Waals surface area contributed by atoms with E-state index in [0.717, 1.165) is 24.6 Å². The van der Waals surface area contributed by atoms with Crippen LogP contribution in [0.25, 0.3) is 0 Å². The molecule has 0 bridgehead atoms. The first-order chi connectivity index (χ1) is 8.22. The minimum absolute atomic E-state index is 0.129. The number of aliphatic hydroxyl groups is 1. The van der Waals surface area contributed by atoms with E-state index in [1.165, 1.54) is 12.8 Å². The number of hydrogen-bond acceptors (Lipinski definition) is 4. The molecule has 2 heterocycles. The van der Waals surface area contributed by atoms with E-state index < -0.39 is 0 Å². The van der Waals surface area contributed by atoms with Crippen LogP contribution in [0.2, 0.25) is 0 Å². The van der Waals surface area contributed by atoms with Crippen molar-refractivity contribution in [1.29, 1.82) is 0 Å². The molecule has 4 heteroatoms. The zero-order valence-corrected chi connectivity index (χ0v) is 10.7.